The van der Waals surface area contributed by atoms with Crippen LogP contribution >= 0.6 is 0 Å². The molecule has 0 saturated heterocycles. The minimum absolute atomic E-state index is 0.118. The van der Waals surface area contributed by atoms with Crippen molar-refractivity contribution in [1.29, 1.82) is 0 Å². The standard InChI is InChI=1S/C31H41N3O6/c1-20-15-22(16-25(37-9)27(20)39-31(6,7)29(36)40-30(3,4)5)17-34(19-26(35)32-8)18-24-21(2)38-28(33-24)23-13-11-10-12-14-23/h10-16H,17-19H2,1-9H3,(H,32,35). The van der Waals surface area contributed by atoms with Gasteiger partial charge in [0.1, 0.15) is 11.4 Å². The lowest BCUT2D eigenvalue weighted by Gasteiger charge is -2.30. The number of aryl methyl sites for hydroxylation is 2. The number of benzene rings is 2. The van der Waals surface area contributed by atoms with Crippen molar-refractivity contribution in [2.24, 2.45) is 0 Å². The van der Waals surface area contributed by atoms with Crippen molar-refractivity contribution in [3.8, 4) is 23.0 Å². The highest BCUT2D eigenvalue weighted by atomic mass is 16.6. The van der Waals surface area contributed by atoms with Crippen LogP contribution in [0.2, 0.25) is 0 Å². The molecule has 0 fully saturated rings. The molecule has 216 valence electrons. The lowest BCUT2D eigenvalue weighted by atomic mass is 10.1. The number of likely N-dealkylation sites (N-methyl/N-ethyl adjacent to an activating group) is 1. The molecule has 0 saturated carbocycles. The number of carbonyl (C=O) groups is 2. The second-order valence-corrected chi connectivity index (χ2v) is 11.3. The molecule has 0 radical (unpaired) electrons. The lowest BCUT2D eigenvalue weighted by molar-refractivity contribution is -0.171. The molecule has 9 heteroatoms. The smallest absolute Gasteiger partial charge is 0.350 e. The molecule has 1 N–H and O–H groups in total. The van der Waals surface area contributed by atoms with Crippen LogP contribution in [0.15, 0.2) is 46.9 Å². The van der Waals surface area contributed by atoms with Gasteiger partial charge in [-0.15, -0.1) is 0 Å². The third-order valence-electron chi connectivity index (χ3n) is 6.11. The maximum Gasteiger partial charge on any atom is 0.350 e. The summed E-state index contributed by atoms with van der Waals surface area (Å²) in [5, 5.41) is 2.70. The summed E-state index contributed by atoms with van der Waals surface area (Å²) in [5.41, 5.74) is 1.46. The monoisotopic (exact) mass is 551 g/mol. The summed E-state index contributed by atoms with van der Waals surface area (Å²) < 4.78 is 23.3. The van der Waals surface area contributed by atoms with Gasteiger partial charge in [-0.1, -0.05) is 24.3 Å². The van der Waals surface area contributed by atoms with E-state index in [0.717, 1.165) is 22.4 Å². The van der Waals surface area contributed by atoms with Gasteiger partial charge in [0.05, 0.1) is 19.3 Å². The molecule has 0 unspecified atom stereocenters. The van der Waals surface area contributed by atoms with E-state index >= 15 is 0 Å². The first-order valence-corrected chi connectivity index (χ1v) is 13.3. The molecule has 9 nitrogen and oxygen atoms in total. The van der Waals surface area contributed by atoms with Gasteiger partial charge >= 0.3 is 5.97 Å². The van der Waals surface area contributed by atoms with E-state index in [4.69, 9.17) is 23.6 Å². The second kappa shape index (κ2) is 12.6. The number of nitrogens with zero attached hydrogens (tertiary/aromatic N) is 2. The number of hydrogen-bond donors (Lipinski definition) is 1. The lowest BCUT2D eigenvalue weighted by Crippen LogP contribution is -2.43. The molecule has 0 aliphatic carbocycles. The Labute approximate surface area is 236 Å². The number of rotatable bonds is 11. The van der Waals surface area contributed by atoms with Crippen molar-refractivity contribution < 1.29 is 28.2 Å². The molecule has 0 bridgehead atoms. The minimum atomic E-state index is -1.24. The van der Waals surface area contributed by atoms with Crippen LogP contribution in [-0.4, -0.2) is 53.7 Å². The van der Waals surface area contributed by atoms with Gasteiger partial charge in [-0.05, 0) is 77.8 Å². The summed E-state index contributed by atoms with van der Waals surface area (Å²) in [6.07, 6.45) is 0. The minimum Gasteiger partial charge on any atom is -0.493 e. The molecule has 2 aromatic carbocycles. The molecule has 0 spiro atoms. The summed E-state index contributed by atoms with van der Waals surface area (Å²) in [5.74, 6) is 1.59. The predicted octanol–water partition coefficient (Wildman–Crippen LogP) is 5.21. The van der Waals surface area contributed by atoms with Gasteiger partial charge in [0.2, 0.25) is 11.8 Å². The highest BCUT2D eigenvalue weighted by molar-refractivity contribution is 5.79. The molecular weight excluding hydrogens is 510 g/mol. The Bertz CT molecular complexity index is 1320. The summed E-state index contributed by atoms with van der Waals surface area (Å²) in [7, 11) is 3.17. The quantitative estimate of drug-likeness (QED) is 0.324. The van der Waals surface area contributed by atoms with E-state index in [9.17, 15) is 9.59 Å². The SMILES string of the molecule is CNC(=O)CN(Cc1cc(C)c(OC(C)(C)C(=O)OC(C)(C)C)c(OC)c1)Cc1nc(-c2ccccc2)oc1C. The van der Waals surface area contributed by atoms with Gasteiger partial charge in [-0.2, -0.15) is 0 Å². The first-order valence-electron chi connectivity index (χ1n) is 13.3. The molecule has 0 aliphatic heterocycles. The number of aromatic nitrogens is 1. The van der Waals surface area contributed by atoms with E-state index in [1.807, 2.05) is 82.0 Å². The van der Waals surface area contributed by atoms with Crippen LogP contribution in [0.4, 0.5) is 0 Å². The van der Waals surface area contributed by atoms with Crippen molar-refractivity contribution in [2.45, 2.75) is 72.8 Å². The predicted molar refractivity (Wildman–Crippen MR) is 153 cm³/mol. The van der Waals surface area contributed by atoms with Gasteiger partial charge in [0.15, 0.2) is 17.1 Å². The van der Waals surface area contributed by atoms with Crippen LogP contribution < -0.4 is 14.8 Å². The Balaban J connectivity index is 1.86. The third-order valence-corrected chi connectivity index (χ3v) is 6.11. The fourth-order valence-electron chi connectivity index (χ4n) is 4.08. The molecule has 1 aromatic heterocycles. The number of amides is 1. The molecule has 1 amide bonds. The fraction of sp³-hybridized carbons (Fsp3) is 0.452. The van der Waals surface area contributed by atoms with Crippen molar-refractivity contribution in [3.63, 3.8) is 0 Å². The van der Waals surface area contributed by atoms with Crippen LogP contribution in [-0.2, 0) is 27.4 Å². The summed E-state index contributed by atoms with van der Waals surface area (Å²) in [6, 6.07) is 13.5. The van der Waals surface area contributed by atoms with Crippen LogP contribution in [0.3, 0.4) is 0 Å². The Morgan fingerprint density at radius 3 is 2.30 bits per heavy atom. The Morgan fingerprint density at radius 1 is 1.02 bits per heavy atom. The Kier molecular flexibility index (Phi) is 9.63. The number of nitrogens with one attached hydrogen (secondary N) is 1. The molecule has 0 aliphatic rings. The summed E-state index contributed by atoms with van der Waals surface area (Å²) in [6.45, 7) is 13.6. The zero-order valence-corrected chi connectivity index (χ0v) is 25.0. The molecule has 0 atom stereocenters. The van der Waals surface area contributed by atoms with E-state index in [-0.39, 0.29) is 12.5 Å². The average Bonchev–Trinajstić information content (AvgIpc) is 3.24. The largest absolute Gasteiger partial charge is 0.493 e. The van der Waals surface area contributed by atoms with Gasteiger partial charge in [0.25, 0.3) is 0 Å². The van der Waals surface area contributed by atoms with Gasteiger partial charge < -0.3 is 23.9 Å². The van der Waals surface area contributed by atoms with E-state index < -0.39 is 17.2 Å². The van der Waals surface area contributed by atoms with Crippen molar-refractivity contribution in [2.75, 3.05) is 20.7 Å². The van der Waals surface area contributed by atoms with E-state index in [1.165, 1.54) is 0 Å². The van der Waals surface area contributed by atoms with Crippen molar-refractivity contribution in [1.82, 2.24) is 15.2 Å². The topological polar surface area (TPSA) is 103 Å². The van der Waals surface area contributed by atoms with Crippen molar-refractivity contribution in [3.05, 3.63) is 65.0 Å². The molecule has 3 rings (SSSR count). The summed E-state index contributed by atoms with van der Waals surface area (Å²) in [4.78, 5) is 31.9. The zero-order chi connectivity index (χ0) is 29.7. The normalized spacial score (nSPS) is 11.8. The van der Waals surface area contributed by atoms with Gasteiger partial charge in [-0.3, -0.25) is 9.69 Å². The van der Waals surface area contributed by atoms with Crippen LogP contribution in [0.1, 0.15) is 57.2 Å². The number of carbonyl (C=O) groups excluding carboxylic acids is 2. The number of hydrogen-bond acceptors (Lipinski definition) is 8. The fourth-order valence-corrected chi connectivity index (χ4v) is 4.08. The first-order chi connectivity index (χ1) is 18.7. The molecular formula is C31H41N3O6. The highest BCUT2D eigenvalue weighted by Gasteiger charge is 2.36. The van der Waals surface area contributed by atoms with Crippen LogP contribution in [0.25, 0.3) is 11.5 Å². The van der Waals surface area contributed by atoms with Gasteiger partial charge in [-0.25, -0.2) is 9.78 Å². The Morgan fingerprint density at radius 2 is 1.70 bits per heavy atom. The maximum atomic E-state index is 12.8. The molecule has 40 heavy (non-hydrogen) atoms. The van der Waals surface area contributed by atoms with Gasteiger partial charge in [0, 0.05) is 25.7 Å². The van der Waals surface area contributed by atoms with Crippen molar-refractivity contribution >= 4 is 11.9 Å². The average molecular weight is 552 g/mol. The second-order valence-electron chi connectivity index (χ2n) is 11.3. The zero-order valence-electron chi connectivity index (χ0n) is 25.0. The number of esters is 1. The van der Waals surface area contributed by atoms with E-state index in [0.29, 0.717) is 36.2 Å². The number of methoxy groups -OCH3 is 1. The number of oxazole rings is 1. The number of ether oxygens (including phenoxy) is 3. The van der Waals surface area contributed by atoms with Crippen LogP contribution in [0.5, 0.6) is 11.5 Å². The third kappa shape index (κ3) is 8.08. The summed E-state index contributed by atoms with van der Waals surface area (Å²) >= 11 is 0. The Hall–Kier alpha value is -3.85. The highest BCUT2D eigenvalue weighted by Crippen LogP contribution is 2.36. The van der Waals surface area contributed by atoms with E-state index in [2.05, 4.69) is 5.32 Å². The molecule has 3 aromatic rings. The maximum absolute atomic E-state index is 12.8. The van der Waals surface area contributed by atoms with Crippen LogP contribution in [0, 0.1) is 13.8 Å². The van der Waals surface area contributed by atoms with E-state index in [1.54, 1.807) is 28.0 Å². The molecule has 1 heterocycles. The first kappa shape index (κ1) is 30.7.